The van der Waals surface area contributed by atoms with Crippen LogP contribution in [-0.2, 0) is 0 Å². The first-order chi connectivity index (χ1) is 5.66. The Morgan fingerprint density at radius 1 is 1.50 bits per heavy atom. The molecule has 1 rings (SSSR count). The molecule has 0 saturated heterocycles. The second-order valence-corrected chi connectivity index (χ2v) is 4.06. The predicted molar refractivity (Wildman–Crippen MR) is 58.4 cm³/mol. The topological polar surface area (TPSA) is 0 Å². The van der Waals surface area contributed by atoms with E-state index in [4.69, 9.17) is 11.6 Å². The molecule has 0 amide bonds. The van der Waals surface area contributed by atoms with E-state index in [-0.39, 0.29) is 0 Å². The third-order valence-electron chi connectivity index (χ3n) is 1.98. The van der Waals surface area contributed by atoms with Crippen molar-refractivity contribution in [2.75, 3.05) is 5.33 Å². The van der Waals surface area contributed by atoms with Crippen molar-refractivity contribution in [3.05, 3.63) is 34.3 Å². The van der Waals surface area contributed by atoms with Crippen molar-refractivity contribution >= 4 is 27.5 Å². The highest BCUT2D eigenvalue weighted by Crippen LogP contribution is 2.27. The van der Waals surface area contributed by atoms with Gasteiger partial charge in [-0.1, -0.05) is 52.7 Å². The summed E-state index contributed by atoms with van der Waals surface area (Å²) >= 11 is 9.60. The maximum atomic E-state index is 6.15. The fourth-order valence-corrected chi connectivity index (χ4v) is 1.79. The minimum absolute atomic E-state index is 0.484. The molecule has 0 aliphatic heterocycles. The molecule has 1 unspecified atom stereocenters. The predicted octanol–water partition coefficient (Wildman–Crippen LogP) is 4.15. The van der Waals surface area contributed by atoms with Crippen LogP contribution in [0.5, 0.6) is 0 Å². The molecule has 0 heterocycles. The maximum Gasteiger partial charge on any atom is 0.0470 e. The van der Waals surface area contributed by atoms with Crippen LogP contribution in [0.15, 0.2) is 18.2 Å². The van der Waals surface area contributed by atoms with Crippen LogP contribution in [0, 0.1) is 6.92 Å². The fourth-order valence-electron chi connectivity index (χ4n) is 1.13. The maximum absolute atomic E-state index is 6.15. The van der Waals surface area contributed by atoms with Gasteiger partial charge in [-0.2, -0.15) is 0 Å². The summed E-state index contributed by atoms with van der Waals surface area (Å²) in [6.45, 7) is 4.20. The standard InChI is InChI=1S/C10H12BrCl/c1-7-4-3-5-9(10(7)12)8(2)6-11/h3-5,8H,6H2,1-2H3. The van der Waals surface area contributed by atoms with Crippen LogP contribution in [0.25, 0.3) is 0 Å². The highest BCUT2D eigenvalue weighted by molar-refractivity contribution is 9.09. The number of aryl methyl sites for hydroxylation is 1. The van der Waals surface area contributed by atoms with Gasteiger partial charge in [-0.3, -0.25) is 0 Å². The van der Waals surface area contributed by atoms with Gasteiger partial charge in [0.2, 0.25) is 0 Å². The van der Waals surface area contributed by atoms with Crippen LogP contribution < -0.4 is 0 Å². The molecule has 0 N–H and O–H groups in total. The van der Waals surface area contributed by atoms with Crippen molar-refractivity contribution < 1.29 is 0 Å². The Balaban J connectivity index is 3.07. The van der Waals surface area contributed by atoms with Gasteiger partial charge in [-0.25, -0.2) is 0 Å². The van der Waals surface area contributed by atoms with E-state index in [1.54, 1.807) is 0 Å². The van der Waals surface area contributed by atoms with E-state index in [0.717, 1.165) is 15.9 Å². The van der Waals surface area contributed by atoms with Gasteiger partial charge in [0.15, 0.2) is 0 Å². The summed E-state index contributed by atoms with van der Waals surface area (Å²) in [5.41, 5.74) is 2.38. The first-order valence-corrected chi connectivity index (χ1v) is 5.47. The first kappa shape index (κ1) is 10.1. The molecule has 1 aromatic carbocycles. The molecule has 66 valence electrons. The molecule has 0 fully saturated rings. The SMILES string of the molecule is Cc1cccc(C(C)CBr)c1Cl. The van der Waals surface area contributed by atoms with E-state index in [9.17, 15) is 0 Å². The molecule has 0 aliphatic carbocycles. The zero-order valence-corrected chi connectivity index (χ0v) is 9.61. The number of rotatable bonds is 2. The van der Waals surface area contributed by atoms with E-state index < -0.39 is 0 Å². The Kier molecular flexibility index (Phi) is 3.60. The highest BCUT2D eigenvalue weighted by atomic mass is 79.9. The molecule has 0 saturated carbocycles. The fraction of sp³-hybridized carbons (Fsp3) is 0.400. The Bertz CT molecular complexity index is 271. The summed E-state index contributed by atoms with van der Waals surface area (Å²) in [4.78, 5) is 0. The zero-order chi connectivity index (χ0) is 9.14. The largest absolute Gasteiger partial charge is 0.0922 e. The third-order valence-corrected chi connectivity index (χ3v) is 3.47. The van der Waals surface area contributed by atoms with Gasteiger partial charge in [-0.05, 0) is 24.0 Å². The van der Waals surface area contributed by atoms with Gasteiger partial charge < -0.3 is 0 Å². The van der Waals surface area contributed by atoms with Crippen molar-refractivity contribution in [1.29, 1.82) is 0 Å². The number of hydrogen-bond acceptors (Lipinski definition) is 0. The van der Waals surface area contributed by atoms with E-state index in [1.165, 1.54) is 5.56 Å². The van der Waals surface area contributed by atoms with Crippen LogP contribution in [-0.4, -0.2) is 5.33 Å². The lowest BCUT2D eigenvalue weighted by Crippen LogP contribution is -1.96. The minimum atomic E-state index is 0.484. The number of halogens is 2. The first-order valence-electron chi connectivity index (χ1n) is 3.97. The Hall–Kier alpha value is -0.0100. The van der Waals surface area contributed by atoms with Crippen LogP contribution in [0.4, 0.5) is 0 Å². The van der Waals surface area contributed by atoms with Crippen molar-refractivity contribution in [3.63, 3.8) is 0 Å². The second-order valence-electron chi connectivity index (χ2n) is 3.03. The molecule has 0 nitrogen and oxygen atoms in total. The Morgan fingerprint density at radius 2 is 2.17 bits per heavy atom. The average Bonchev–Trinajstić information content (AvgIpc) is 2.08. The highest BCUT2D eigenvalue weighted by Gasteiger charge is 2.08. The number of alkyl halides is 1. The van der Waals surface area contributed by atoms with Crippen molar-refractivity contribution in [3.8, 4) is 0 Å². The molecule has 1 aromatic rings. The van der Waals surface area contributed by atoms with Crippen LogP contribution in [0.3, 0.4) is 0 Å². The lowest BCUT2D eigenvalue weighted by atomic mass is 10.0. The van der Waals surface area contributed by atoms with E-state index in [2.05, 4.69) is 35.0 Å². The van der Waals surface area contributed by atoms with Crippen LogP contribution >= 0.6 is 27.5 Å². The molecule has 0 aliphatic rings. The van der Waals surface area contributed by atoms with E-state index in [1.807, 2.05) is 13.0 Å². The van der Waals surface area contributed by atoms with Crippen LogP contribution in [0.2, 0.25) is 5.02 Å². The van der Waals surface area contributed by atoms with Gasteiger partial charge >= 0.3 is 0 Å². The lowest BCUT2D eigenvalue weighted by Gasteiger charge is -2.11. The van der Waals surface area contributed by atoms with E-state index >= 15 is 0 Å². The molecular weight excluding hydrogens is 235 g/mol. The quantitative estimate of drug-likeness (QED) is 0.689. The molecule has 0 aromatic heterocycles. The summed E-state index contributed by atoms with van der Waals surface area (Å²) in [5.74, 6) is 0.484. The summed E-state index contributed by atoms with van der Waals surface area (Å²) in [6, 6.07) is 6.17. The summed E-state index contributed by atoms with van der Waals surface area (Å²) in [7, 11) is 0. The van der Waals surface area contributed by atoms with Crippen LogP contribution in [0.1, 0.15) is 24.0 Å². The normalized spacial score (nSPS) is 13.0. The summed E-state index contributed by atoms with van der Waals surface area (Å²) < 4.78 is 0. The number of hydrogen-bond donors (Lipinski definition) is 0. The van der Waals surface area contributed by atoms with Gasteiger partial charge in [0, 0.05) is 10.4 Å². The number of benzene rings is 1. The molecule has 1 atom stereocenters. The zero-order valence-electron chi connectivity index (χ0n) is 7.27. The van der Waals surface area contributed by atoms with E-state index in [0.29, 0.717) is 5.92 Å². The molecule has 0 spiro atoms. The molecule has 2 heteroatoms. The molecule has 0 radical (unpaired) electrons. The molecule has 12 heavy (non-hydrogen) atoms. The van der Waals surface area contributed by atoms with Crippen molar-refractivity contribution in [2.45, 2.75) is 19.8 Å². The van der Waals surface area contributed by atoms with Gasteiger partial charge in [-0.15, -0.1) is 0 Å². The average molecular weight is 248 g/mol. The second kappa shape index (κ2) is 4.29. The van der Waals surface area contributed by atoms with Crippen molar-refractivity contribution in [2.24, 2.45) is 0 Å². The Labute approximate surface area is 87.1 Å². The summed E-state index contributed by atoms with van der Waals surface area (Å²) in [5, 5.41) is 1.86. The lowest BCUT2D eigenvalue weighted by molar-refractivity contribution is 0.886. The third kappa shape index (κ3) is 2.02. The monoisotopic (exact) mass is 246 g/mol. The summed E-state index contributed by atoms with van der Waals surface area (Å²) in [6.07, 6.45) is 0. The molecular formula is C10H12BrCl. The Morgan fingerprint density at radius 3 is 2.75 bits per heavy atom. The minimum Gasteiger partial charge on any atom is -0.0922 e. The van der Waals surface area contributed by atoms with Gasteiger partial charge in [0.05, 0.1) is 0 Å². The molecule has 0 bridgehead atoms. The van der Waals surface area contributed by atoms with Gasteiger partial charge in [0.1, 0.15) is 0 Å². The smallest absolute Gasteiger partial charge is 0.0470 e. The van der Waals surface area contributed by atoms with Gasteiger partial charge in [0.25, 0.3) is 0 Å². The van der Waals surface area contributed by atoms with Crippen molar-refractivity contribution in [1.82, 2.24) is 0 Å².